The van der Waals surface area contributed by atoms with Crippen LogP contribution in [-0.4, -0.2) is 38.4 Å². The zero-order valence-electron chi connectivity index (χ0n) is 15.5. The highest BCUT2D eigenvalue weighted by atomic mass is 16.5. The van der Waals surface area contributed by atoms with E-state index in [2.05, 4.69) is 50.9 Å². The lowest BCUT2D eigenvalue weighted by Crippen LogP contribution is -2.27. The van der Waals surface area contributed by atoms with Crippen LogP contribution in [0.3, 0.4) is 0 Å². The molecule has 0 bridgehead atoms. The maximum absolute atomic E-state index is 5.95. The first-order chi connectivity index (χ1) is 13.1. The van der Waals surface area contributed by atoms with Gasteiger partial charge in [-0.3, -0.25) is 0 Å². The second-order valence-corrected chi connectivity index (χ2v) is 6.85. The fourth-order valence-corrected chi connectivity index (χ4v) is 3.38. The largest absolute Gasteiger partial charge is 0.469 e. The third-order valence-electron chi connectivity index (χ3n) is 4.81. The van der Waals surface area contributed by atoms with E-state index in [4.69, 9.17) is 10.5 Å². The standard InChI is InChI=1S/C20H22N6O/c1-13-7-14(8-15-10-26(2)6-4-17(13)15)18-9-23-19(21)20(25-18)27-11-16-3-5-22-12-24-16/h3,5,7-9,12H,4,6,10-11H2,1-2H3,(H2,21,23). The van der Waals surface area contributed by atoms with Crippen LogP contribution < -0.4 is 10.5 Å². The lowest BCUT2D eigenvalue weighted by atomic mass is 9.92. The molecule has 7 heteroatoms. The molecule has 0 spiro atoms. The third-order valence-corrected chi connectivity index (χ3v) is 4.81. The molecule has 0 saturated heterocycles. The zero-order chi connectivity index (χ0) is 18.8. The minimum atomic E-state index is 0.263. The maximum Gasteiger partial charge on any atom is 0.258 e. The molecule has 0 amide bonds. The van der Waals surface area contributed by atoms with E-state index in [1.165, 1.54) is 23.0 Å². The van der Waals surface area contributed by atoms with Gasteiger partial charge in [0.2, 0.25) is 0 Å². The van der Waals surface area contributed by atoms with Gasteiger partial charge >= 0.3 is 0 Å². The SMILES string of the molecule is Cc1cc(-c2cnc(N)c(OCc3ccncn3)n2)cc2c1CCN(C)C2. The summed E-state index contributed by atoms with van der Waals surface area (Å²) < 4.78 is 5.75. The zero-order valence-corrected chi connectivity index (χ0v) is 15.5. The molecule has 1 aliphatic heterocycles. The number of ether oxygens (including phenoxy) is 1. The summed E-state index contributed by atoms with van der Waals surface area (Å²) in [5.41, 5.74) is 12.6. The Balaban J connectivity index is 1.63. The Bertz CT molecular complexity index is 960. The van der Waals surface area contributed by atoms with Crippen molar-refractivity contribution in [2.75, 3.05) is 19.3 Å². The van der Waals surface area contributed by atoms with Crippen LogP contribution in [0.2, 0.25) is 0 Å². The van der Waals surface area contributed by atoms with Crippen molar-refractivity contribution in [3.8, 4) is 17.1 Å². The first kappa shape index (κ1) is 17.4. The highest BCUT2D eigenvalue weighted by Crippen LogP contribution is 2.29. The van der Waals surface area contributed by atoms with E-state index in [-0.39, 0.29) is 12.4 Å². The number of hydrogen-bond donors (Lipinski definition) is 1. The van der Waals surface area contributed by atoms with E-state index in [9.17, 15) is 0 Å². The molecule has 0 radical (unpaired) electrons. The Kier molecular flexibility index (Phi) is 4.68. The monoisotopic (exact) mass is 362 g/mol. The van der Waals surface area contributed by atoms with Crippen molar-refractivity contribution in [3.63, 3.8) is 0 Å². The fourth-order valence-electron chi connectivity index (χ4n) is 3.38. The van der Waals surface area contributed by atoms with Crippen LogP contribution in [0, 0.1) is 6.92 Å². The lowest BCUT2D eigenvalue weighted by molar-refractivity contribution is 0.290. The molecule has 27 heavy (non-hydrogen) atoms. The number of nitrogens with zero attached hydrogens (tertiary/aromatic N) is 5. The van der Waals surface area contributed by atoms with Gasteiger partial charge in [-0.25, -0.2) is 19.9 Å². The van der Waals surface area contributed by atoms with Crippen molar-refractivity contribution >= 4 is 5.82 Å². The molecule has 0 atom stereocenters. The van der Waals surface area contributed by atoms with Crippen LogP contribution >= 0.6 is 0 Å². The molecule has 0 fully saturated rings. The second-order valence-electron chi connectivity index (χ2n) is 6.85. The van der Waals surface area contributed by atoms with Crippen LogP contribution in [0.5, 0.6) is 5.88 Å². The molecule has 138 valence electrons. The van der Waals surface area contributed by atoms with E-state index in [1.54, 1.807) is 18.5 Å². The molecule has 7 nitrogen and oxygen atoms in total. The highest BCUT2D eigenvalue weighted by Gasteiger charge is 2.17. The smallest absolute Gasteiger partial charge is 0.258 e. The Labute approximate surface area is 158 Å². The van der Waals surface area contributed by atoms with Gasteiger partial charge < -0.3 is 15.4 Å². The Hall–Kier alpha value is -3.06. The average molecular weight is 362 g/mol. The van der Waals surface area contributed by atoms with Crippen molar-refractivity contribution in [2.45, 2.75) is 26.5 Å². The van der Waals surface area contributed by atoms with E-state index >= 15 is 0 Å². The Morgan fingerprint density at radius 2 is 2.15 bits per heavy atom. The number of likely N-dealkylation sites (N-methyl/N-ethyl adjacent to an activating group) is 1. The van der Waals surface area contributed by atoms with Crippen molar-refractivity contribution in [3.05, 3.63) is 59.3 Å². The number of anilines is 1. The van der Waals surface area contributed by atoms with Gasteiger partial charge in [0.25, 0.3) is 5.88 Å². The number of rotatable bonds is 4. The summed E-state index contributed by atoms with van der Waals surface area (Å²) in [6, 6.07) is 6.15. The van der Waals surface area contributed by atoms with E-state index < -0.39 is 0 Å². The van der Waals surface area contributed by atoms with Crippen molar-refractivity contribution < 1.29 is 4.74 Å². The summed E-state index contributed by atoms with van der Waals surface area (Å²) in [5, 5.41) is 0. The fraction of sp³-hybridized carbons (Fsp3) is 0.300. The van der Waals surface area contributed by atoms with E-state index in [1.807, 2.05) is 0 Å². The number of nitrogens with two attached hydrogens (primary N) is 1. The summed E-state index contributed by atoms with van der Waals surface area (Å²) >= 11 is 0. The average Bonchev–Trinajstić information content (AvgIpc) is 2.67. The van der Waals surface area contributed by atoms with Gasteiger partial charge in [0.05, 0.1) is 17.6 Å². The Morgan fingerprint density at radius 3 is 2.96 bits per heavy atom. The molecule has 4 rings (SSSR count). The van der Waals surface area contributed by atoms with Gasteiger partial charge in [-0.15, -0.1) is 0 Å². The normalized spacial score (nSPS) is 14.0. The maximum atomic E-state index is 5.95. The predicted molar refractivity (Wildman–Crippen MR) is 103 cm³/mol. The molecule has 0 saturated carbocycles. The summed E-state index contributed by atoms with van der Waals surface area (Å²) in [4.78, 5) is 19.2. The predicted octanol–water partition coefficient (Wildman–Crippen LogP) is 2.39. The lowest BCUT2D eigenvalue weighted by Gasteiger charge is -2.27. The van der Waals surface area contributed by atoms with Crippen LogP contribution in [-0.2, 0) is 19.6 Å². The second kappa shape index (κ2) is 7.28. The van der Waals surface area contributed by atoms with Crippen LogP contribution in [0.4, 0.5) is 5.82 Å². The van der Waals surface area contributed by atoms with Crippen molar-refractivity contribution in [1.82, 2.24) is 24.8 Å². The first-order valence-corrected chi connectivity index (χ1v) is 8.91. The summed E-state index contributed by atoms with van der Waals surface area (Å²) in [5.74, 6) is 0.584. The number of nitrogen functional groups attached to an aromatic ring is 1. The molecule has 3 heterocycles. The molecule has 2 aromatic heterocycles. The van der Waals surface area contributed by atoms with Gasteiger partial charge in [0.15, 0.2) is 5.82 Å². The number of fused-ring (bicyclic) bond motifs is 1. The molecule has 3 aromatic rings. The third kappa shape index (κ3) is 3.73. The molecule has 1 aromatic carbocycles. The molecular weight excluding hydrogens is 340 g/mol. The van der Waals surface area contributed by atoms with Crippen LogP contribution in [0.15, 0.2) is 36.9 Å². The summed E-state index contributed by atoms with van der Waals surface area (Å²) in [7, 11) is 2.15. The van der Waals surface area contributed by atoms with Crippen molar-refractivity contribution in [2.24, 2.45) is 0 Å². The van der Waals surface area contributed by atoms with Gasteiger partial charge in [0.1, 0.15) is 12.9 Å². The number of benzene rings is 1. The number of hydrogen-bond acceptors (Lipinski definition) is 7. The first-order valence-electron chi connectivity index (χ1n) is 8.91. The van der Waals surface area contributed by atoms with Gasteiger partial charge in [0, 0.05) is 24.8 Å². The van der Waals surface area contributed by atoms with Crippen LogP contribution in [0.1, 0.15) is 22.4 Å². The van der Waals surface area contributed by atoms with Crippen molar-refractivity contribution in [1.29, 1.82) is 0 Å². The van der Waals surface area contributed by atoms with Gasteiger partial charge in [-0.05, 0) is 55.3 Å². The van der Waals surface area contributed by atoms with Crippen LogP contribution in [0.25, 0.3) is 11.3 Å². The summed E-state index contributed by atoms with van der Waals surface area (Å²) in [6.07, 6.45) is 5.93. The highest BCUT2D eigenvalue weighted by molar-refractivity contribution is 5.64. The molecule has 0 aliphatic carbocycles. The summed E-state index contributed by atoms with van der Waals surface area (Å²) in [6.45, 7) is 4.46. The molecule has 0 unspecified atom stereocenters. The van der Waals surface area contributed by atoms with E-state index in [0.717, 1.165) is 36.5 Å². The quantitative estimate of drug-likeness (QED) is 0.762. The number of aryl methyl sites for hydroxylation is 1. The molecular formula is C20H22N6O. The van der Waals surface area contributed by atoms with Gasteiger partial charge in [-0.2, -0.15) is 0 Å². The molecule has 1 aliphatic rings. The van der Waals surface area contributed by atoms with E-state index in [0.29, 0.717) is 5.88 Å². The minimum Gasteiger partial charge on any atom is -0.469 e. The van der Waals surface area contributed by atoms with Gasteiger partial charge in [-0.1, -0.05) is 0 Å². The minimum absolute atomic E-state index is 0.263. The number of aromatic nitrogens is 4. The topological polar surface area (TPSA) is 90.0 Å². The molecule has 2 N–H and O–H groups in total. The Morgan fingerprint density at radius 1 is 1.26 bits per heavy atom.